The SMILES string of the molecule is CC(=O)OCC(=O)O[C@H]1CC[C@@]2(C)[C@@H](CC[C@H]3Cc4c([nH]c5ccccc45)[C@@]32C)[C@]1(C)CCC=C(C)C. The molecule has 1 heterocycles. The normalized spacial score (nSPS) is 34.3. The number of ether oxygens (including phenoxy) is 2. The lowest BCUT2D eigenvalue weighted by Gasteiger charge is -2.65. The highest BCUT2D eigenvalue weighted by Gasteiger charge is 2.67. The molecule has 3 aliphatic rings. The highest BCUT2D eigenvalue weighted by molar-refractivity contribution is 5.86. The fourth-order valence-electron chi connectivity index (χ4n) is 8.73. The van der Waals surface area contributed by atoms with Crippen LogP contribution in [0, 0.1) is 22.7 Å². The number of hydrogen-bond acceptors (Lipinski definition) is 4. The lowest BCUT2D eigenvalue weighted by molar-refractivity contribution is -0.196. The number of rotatable bonds is 6. The largest absolute Gasteiger partial charge is 0.459 e. The van der Waals surface area contributed by atoms with Crippen LogP contribution in [0.4, 0.5) is 0 Å². The molecule has 37 heavy (non-hydrogen) atoms. The fraction of sp³-hybridized carbons (Fsp3) is 0.625. The molecule has 200 valence electrons. The molecule has 0 saturated heterocycles. The van der Waals surface area contributed by atoms with E-state index in [1.54, 1.807) is 0 Å². The summed E-state index contributed by atoms with van der Waals surface area (Å²) in [5, 5.41) is 1.38. The minimum atomic E-state index is -0.457. The van der Waals surface area contributed by atoms with Gasteiger partial charge in [-0.15, -0.1) is 0 Å². The molecule has 1 aromatic carbocycles. The number of carbonyl (C=O) groups excluding carboxylic acids is 2. The Kier molecular flexibility index (Phi) is 6.57. The molecule has 1 N–H and O–H groups in total. The Morgan fingerprint density at radius 2 is 1.84 bits per heavy atom. The number of nitrogens with one attached hydrogen (secondary N) is 1. The van der Waals surface area contributed by atoms with Crippen LogP contribution in [-0.2, 0) is 30.9 Å². The minimum absolute atomic E-state index is 0.0504. The van der Waals surface area contributed by atoms with E-state index in [1.807, 2.05) is 0 Å². The zero-order valence-electron chi connectivity index (χ0n) is 23.4. The quantitative estimate of drug-likeness (QED) is 0.338. The highest BCUT2D eigenvalue weighted by atomic mass is 16.6. The van der Waals surface area contributed by atoms with Crippen molar-refractivity contribution in [1.82, 2.24) is 4.98 Å². The Hall–Kier alpha value is -2.56. The Labute approximate surface area is 221 Å². The fourth-order valence-corrected chi connectivity index (χ4v) is 8.73. The van der Waals surface area contributed by atoms with Crippen LogP contribution in [-0.4, -0.2) is 29.6 Å². The van der Waals surface area contributed by atoms with Crippen molar-refractivity contribution in [2.24, 2.45) is 22.7 Å². The van der Waals surface area contributed by atoms with E-state index in [0.717, 1.165) is 38.5 Å². The van der Waals surface area contributed by atoms with Gasteiger partial charge in [0.2, 0.25) is 0 Å². The van der Waals surface area contributed by atoms with E-state index in [1.165, 1.54) is 41.1 Å². The van der Waals surface area contributed by atoms with Gasteiger partial charge in [0.25, 0.3) is 0 Å². The third kappa shape index (κ3) is 4.04. The number of aromatic nitrogens is 1. The summed E-state index contributed by atoms with van der Waals surface area (Å²) in [6.45, 7) is 12.7. The van der Waals surface area contributed by atoms with Crippen LogP contribution >= 0.6 is 0 Å². The predicted octanol–water partition coefficient (Wildman–Crippen LogP) is 7.04. The molecule has 0 bridgehead atoms. The number of para-hydroxylation sites is 1. The third-order valence-corrected chi connectivity index (χ3v) is 10.7. The molecule has 5 rings (SSSR count). The lowest BCUT2D eigenvalue weighted by atomic mass is 9.40. The van der Waals surface area contributed by atoms with Crippen LogP contribution in [0.15, 0.2) is 35.9 Å². The summed E-state index contributed by atoms with van der Waals surface area (Å²) in [6, 6.07) is 8.75. The summed E-state index contributed by atoms with van der Waals surface area (Å²) in [6.07, 6.45) is 9.43. The summed E-state index contributed by atoms with van der Waals surface area (Å²) >= 11 is 0. The molecular weight excluding hydrogens is 462 g/mol. The van der Waals surface area contributed by atoms with Gasteiger partial charge >= 0.3 is 11.9 Å². The van der Waals surface area contributed by atoms with E-state index in [-0.39, 0.29) is 29.0 Å². The lowest BCUT2D eigenvalue weighted by Crippen LogP contribution is -2.62. The number of H-pyrrole nitrogens is 1. The van der Waals surface area contributed by atoms with Gasteiger partial charge in [0.1, 0.15) is 6.10 Å². The second kappa shape index (κ2) is 9.32. The maximum atomic E-state index is 12.7. The van der Waals surface area contributed by atoms with E-state index in [9.17, 15) is 9.59 Å². The molecule has 0 amide bonds. The number of fused-ring (bicyclic) bond motifs is 7. The first-order valence-corrected chi connectivity index (χ1v) is 14.1. The van der Waals surface area contributed by atoms with Crippen molar-refractivity contribution in [3.63, 3.8) is 0 Å². The van der Waals surface area contributed by atoms with Gasteiger partial charge in [-0.2, -0.15) is 0 Å². The molecule has 0 aliphatic heterocycles. The first-order valence-electron chi connectivity index (χ1n) is 14.1. The van der Waals surface area contributed by atoms with E-state index < -0.39 is 11.9 Å². The number of carbonyl (C=O) groups is 2. The Morgan fingerprint density at radius 1 is 1.08 bits per heavy atom. The minimum Gasteiger partial charge on any atom is -0.459 e. The molecular formula is C32H43NO4. The van der Waals surface area contributed by atoms with Crippen LogP contribution in [0.2, 0.25) is 0 Å². The van der Waals surface area contributed by atoms with Gasteiger partial charge in [-0.05, 0) is 87.7 Å². The first kappa shape index (κ1) is 26.1. The van der Waals surface area contributed by atoms with Gasteiger partial charge in [0, 0.05) is 34.4 Å². The maximum absolute atomic E-state index is 12.7. The number of allylic oxidation sites excluding steroid dienone is 2. The summed E-state index contributed by atoms with van der Waals surface area (Å²) in [4.78, 5) is 27.9. The molecule has 3 aliphatic carbocycles. The molecule has 5 heteroatoms. The number of esters is 2. The Bertz CT molecular complexity index is 1240. The van der Waals surface area contributed by atoms with Gasteiger partial charge < -0.3 is 14.5 Å². The molecule has 0 unspecified atom stereocenters. The average molecular weight is 506 g/mol. The van der Waals surface area contributed by atoms with Crippen molar-refractivity contribution in [1.29, 1.82) is 0 Å². The van der Waals surface area contributed by atoms with E-state index >= 15 is 0 Å². The molecule has 2 saturated carbocycles. The van der Waals surface area contributed by atoms with Gasteiger partial charge in [-0.25, -0.2) is 4.79 Å². The van der Waals surface area contributed by atoms with Crippen molar-refractivity contribution in [3.8, 4) is 0 Å². The van der Waals surface area contributed by atoms with E-state index in [2.05, 4.69) is 69.9 Å². The molecule has 1 aromatic heterocycles. The zero-order valence-corrected chi connectivity index (χ0v) is 23.4. The van der Waals surface area contributed by atoms with E-state index in [0.29, 0.717) is 11.8 Å². The summed E-state index contributed by atoms with van der Waals surface area (Å²) in [5.74, 6) is 0.158. The zero-order chi connectivity index (χ0) is 26.6. The van der Waals surface area contributed by atoms with Gasteiger partial charge in [0.05, 0.1) is 0 Å². The summed E-state index contributed by atoms with van der Waals surface area (Å²) < 4.78 is 11.1. The van der Waals surface area contributed by atoms with Crippen molar-refractivity contribution in [3.05, 3.63) is 47.2 Å². The van der Waals surface area contributed by atoms with Crippen LogP contribution in [0.1, 0.15) is 91.3 Å². The predicted molar refractivity (Wildman–Crippen MR) is 146 cm³/mol. The van der Waals surface area contributed by atoms with Gasteiger partial charge in [-0.1, -0.05) is 50.6 Å². The molecule has 2 fully saturated rings. The van der Waals surface area contributed by atoms with Crippen molar-refractivity contribution in [2.45, 2.75) is 98.0 Å². The van der Waals surface area contributed by atoms with Crippen molar-refractivity contribution >= 4 is 22.8 Å². The van der Waals surface area contributed by atoms with Crippen molar-refractivity contribution < 1.29 is 19.1 Å². The smallest absolute Gasteiger partial charge is 0.344 e. The first-order chi connectivity index (χ1) is 17.5. The second-order valence-electron chi connectivity index (χ2n) is 12.8. The molecule has 0 radical (unpaired) electrons. The monoisotopic (exact) mass is 505 g/mol. The Balaban J connectivity index is 1.52. The van der Waals surface area contributed by atoms with Crippen LogP contribution in [0.5, 0.6) is 0 Å². The Morgan fingerprint density at radius 3 is 2.57 bits per heavy atom. The van der Waals surface area contributed by atoms with E-state index in [4.69, 9.17) is 9.47 Å². The van der Waals surface area contributed by atoms with Crippen LogP contribution in [0.25, 0.3) is 10.9 Å². The number of benzene rings is 1. The summed E-state index contributed by atoms with van der Waals surface area (Å²) in [7, 11) is 0. The standard InChI is InChI=1S/C32H43NO4/c1-20(2)10-9-16-30(4)26-14-13-22-18-24-23-11-7-8-12-25(23)33-29(24)32(22,6)31(26,5)17-15-27(30)37-28(35)19-36-21(3)34/h7-8,10-12,22,26-27,33H,9,13-19H2,1-6H3/t22-,26-,27-,30-,31-,32+/m0/s1. The van der Waals surface area contributed by atoms with Crippen molar-refractivity contribution in [2.75, 3.05) is 6.61 Å². The summed E-state index contributed by atoms with van der Waals surface area (Å²) in [5.41, 5.74) is 5.51. The topological polar surface area (TPSA) is 68.4 Å². The van der Waals surface area contributed by atoms with Crippen LogP contribution in [0.3, 0.4) is 0 Å². The van der Waals surface area contributed by atoms with Gasteiger partial charge in [-0.3, -0.25) is 4.79 Å². The maximum Gasteiger partial charge on any atom is 0.344 e. The molecule has 2 aromatic rings. The molecule has 6 atom stereocenters. The third-order valence-electron chi connectivity index (χ3n) is 10.7. The number of aromatic amines is 1. The van der Waals surface area contributed by atoms with Gasteiger partial charge in [0.15, 0.2) is 6.61 Å². The number of hydrogen-bond donors (Lipinski definition) is 1. The highest BCUT2D eigenvalue weighted by Crippen LogP contribution is 2.70. The average Bonchev–Trinajstić information content (AvgIpc) is 3.35. The van der Waals surface area contributed by atoms with Crippen LogP contribution < -0.4 is 0 Å². The molecule has 0 spiro atoms. The second-order valence-corrected chi connectivity index (χ2v) is 12.8. The molecule has 5 nitrogen and oxygen atoms in total.